The van der Waals surface area contributed by atoms with Gasteiger partial charge in [-0.25, -0.2) is 9.78 Å². The van der Waals surface area contributed by atoms with E-state index in [4.69, 9.17) is 9.84 Å². The molecule has 1 aliphatic heterocycles. The fourth-order valence-corrected chi connectivity index (χ4v) is 2.56. The molecule has 2 aromatic rings. The van der Waals surface area contributed by atoms with Gasteiger partial charge in [0.05, 0.1) is 17.6 Å². The Morgan fingerprint density at radius 2 is 2.18 bits per heavy atom. The average Bonchev–Trinajstić information content (AvgIpc) is 3.10. The number of H-pyrrole nitrogens is 1. The molecule has 0 aliphatic carbocycles. The Labute approximate surface area is 126 Å². The number of hydrogen-bond acceptors (Lipinski definition) is 4. The number of imidazole rings is 1. The van der Waals surface area contributed by atoms with Crippen LogP contribution in [0, 0.1) is 6.92 Å². The minimum absolute atomic E-state index is 0.254. The van der Waals surface area contributed by atoms with Gasteiger partial charge in [-0.2, -0.15) is 0 Å². The summed E-state index contributed by atoms with van der Waals surface area (Å²) in [4.78, 5) is 30.3. The standard InChI is InChI=1S/C15H17N3O4/c1-8-2-3-9-10(6-8)18-13(17-9)7-16-14(19)11-4-5-12(22-11)15(20)21/h2-3,6,11-12H,4-5,7H2,1H3,(H,16,19)(H,17,18)(H,20,21)/t11-,12+/m0/s1. The average molecular weight is 303 g/mol. The van der Waals surface area contributed by atoms with Crippen LogP contribution in [0.4, 0.5) is 0 Å². The number of amides is 1. The molecule has 3 N–H and O–H groups in total. The van der Waals surface area contributed by atoms with E-state index in [1.165, 1.54) is 0 Å². The van der Waals surface area contributed by atoms with Crippen molar-refractivity contribution in [2.75, 3.05) is 0 Å². The number of aliphatic carboxylic acids is 1. The molecular weight excluding hydrogens is 286 g/mol. The van der Waals surface area contributed by atoms with Gasteiger partial charge in [-0.05, 0) is 37.5 Å². The number of ether oxygens (including phenoxy) is 1. The molecule has 0 unspecified atom stereocenters. The lowest BCUT2D eigenvalue weighted by Gasteiger charge is -2.10. The van der Waals surface area contributed by atoms with Crippen molar-refractivity contribution in [2.24, 2.45) is 0 Å². The van der Waals surface area contributed by atoms with Gasteiger partial charge >= 0.3 is 5.97 Å². The number of nitrogens with one attached hydrogen (secondary N) is 2. The van der Waals surface area contributed by atoms with E-state index >= 15 is 0 Å². The zero-order valence-electron chi connectivity index (χ0n) is 12.1. The Morgan fingerprint density at radius 1 is 1.41 bits per heavy atom. The highest BCUT2D eigenvalue weighted by Gasteiger charge is 2.34. The first-order chi connectivity index (χ1) is 10.5. The second kappa shape index (κ2) is 5.76. The number of benzene rings is 1. The number of rotatable bonds is 4. The molecule has 3 rings (SSSR count). The molecule has 1 saturated heterocycles. The van der Waals surface area contributed by atoms with Gasteiger partial charge in [-0.1, -0.05) is 6.07 Å². The second-order valence-electron chi connectivity index (χ2n) is 5.45. The lowest BCUT2D eigenvalue weighted by atomic mass is 10.2. The van der Waals surface area contributed by atoms with Crippen molar-refractivity contribution < 1.29 is 19.4 Å². The van der Waals surface area contributed by atoms with Crippen LogP contribution < -0.4 is 5.32 Å². The van der Waals surface area contributed by atoms with Crippen molar-refractivity contribution in [3.8, 4) is 0 Å². The number of hydrogen-bond donors (Lipinski definition) is 3. The lowest BCUT2D eigenvalue weighted by Crippen LogP contribution is -2.35. The highest BCUT2D eigenvalue weighted by molar-refractivity contribution is 5.82. The number of aromatic amines is 1. The van der Waals surface area contributed by atoms with Crippen molar-refractivity contribution in [1.29, 1.82) is 0 Å². The van der Waals surface area contributed by atoms with E-state index in [0.717, 1.165) is 16.6 Å². The number of carboxylic acids is 1. The van der Waals surface area contributed by atoms with Crippen LogP contribution >= 0.6 is 0 Å². The van der Waals surface area contributed by atoms with Crippen LogP contribution in [0.3, 0.4) is 0 Å². The Kier molecular flexibility index (Phi) is 3.81. The smallest absolute Gasteiger partial charge is 0.332 e. The third-order valence-corrected chi connectivity index (χ3v) is 3.70. The topological polar surface area (TPSA) is 104 Å². The molecule has 1 fully saturated rings. The van der Waals surface area contributed by atoms with Crippen LogP contribution in [0.1, 0.15) is 24.2 Å². The first-order valence-electron chi connectivity index (χ1n) is 7.14. The number of nitrogens with zero attached hydrogens (tertiary/aromatic N) is 1. The van der Waals surface area contributed by atoms with Crippen LogP contribution in [0.5, 0.6) is 0 Å². The number of carbonyl (C=O) groups excluding carboxylic acids is 1. The molecule has 0 radical (unpaired) electrons. The Hall–Kier alpha value is -2.41. The molecule has 2 atom stereocenters. The van der Waals surface area contributed by atoms with Crippen molar-refractivity contribution in [1.82, 2.24) is 15.3 Å². The molecule has 2 heterocycles. The predicted molar refractivity (Wildman–Crippen MR) is 78.2 cm³/mol. The van der Waals surface area contributed by atoms with Gasteiger partial charge in [0.1, 0.15) is 11.9 Å². The minimum atomic E-state index is -1.03. The molecule has 0 spiro atoms. The maximum absolute atomic E-state index is 12.0. The molecule has 1 aromatic carbocycles. The van der Waals surface area contributed by atoms with E-state index in [1.54, 1.807) is 0 Å². The maximum Gasteiger partial charge on any atom is 0.332 e. The highest BCUT2D eigenvalue weighted by atomic mass is 16.5. The summed E-state index contributed by atoms with van der Waals surface area (Å²) < 4.78 is 5.21. The van der Waals surface area contributed by atoms with E-state index in [0.29, 0.717) is 18.7 Å². The molecule has 7 nitrogen and oxygen atoms in total. The summed E-state index contributed by atoms with van der Waals surface area (Å²) in [6.45, 7) is 2.25. The van der Waals surface area contributed by atoms with Crippen molar-refractivity contribution in [3.63, 3.8) is 0 Å². The van der Waals surface area contributed by atoms with E-state index in [-0.39, 0.29) is 12.5 Å². The molecule has 1 aliphatic rings. The predicted octanol–water partition coefficient (Wildman–Crippen LogP) is 1.12. The zero-order chi connectivity index (χ0) is 15.7. The summed E-state index contributed by atoms with van der Waals surface area (Å²) in [5.41, 5.74) is 2.90. The SMILES string of the molecule is Cc1ccc2nc(CNC(=O)[C@@H]3CC[C@H](C(=O)O)O3)[nH]c2c1. The van der Waals surface area contributed by atoms with Crippen molar-refractivity contribution >= 4 is 22.9 Å². The first kappa shape index (κ1) is 14.5. The Morgan fingerprint density at radius 3 is 2.91 bits per heavy atom. The van der Waals surface area contributed by atoms with Gasteiger partial charge in [0.2, 0.25) is 5.91 Å². The van der Waals surface area contributed by atoms with Crippen LogP contribution in [0.2, 0.25) is 0 Å². The Bertz CT molecular complexity index is 725. The van der Waals surface area contributed by atoms with Gasteiger partial charge in [0, 0.05) is 0 Å². The molecular formula is C15H17N3O4. The summed E-state index contributed by atoms with van der Waals surface area (Å²) in [5.74, 6) is -0.676. The molecule has 22 heavy (non-hydrogen) atoms. The third kappa shape index (κ3) is 2.94. The van der Waals surface area contributed by atoms with E-state index in [9.17, 15) is 9.59 Å². The normalized spacial score (nSPS) is 21.1. The molecule has 0 saturated carbocycles. The summed E-state index contributed by atoms with van der Waals surface area (Å²) in [5, 5.41) is 11.6. The number of carbonyl (C=O) groups is 2. The van der Waals surface area contributed by atoms with Gasteiger partial charge in [0.25, 0.3) is 0 Å². The van der Waals surface area contributed by atoms with Gasteiger partial charge < -0.3 is 20.1 Å². The quantitative estimate of drug-likeness (QED) is 0.785. The third-order valence-electron chi connectivity index (χ3n) is 3.70. The number of carboxylic acid groups (broad SMARTS) is 1. The lowest BCUT2D eigenvalue weighted by molar-refractivity contribution is -0.151. The van der Waals surface area contributed by atoms with Crippen LogP contribution in [0.25, 0.3) is 11.0 Å². The number of fused-ring (bicyclic) bond motifs is 1. The van der Waals surface area contributed by atoms with E-state index in [1.807, 2.05) is 25.1 Å². The monoisotopic (exact) mass is 303 g/mol. The second-order valence-corrected chi connectivity index (χ2v) is 5.45. The molecule has 1 amide bonds. The first-order valence-corrected chi connectivity index (χ1v) is 7.14. The largest absolute Gasteiger partial charge is 0.479 e. The maximum atomic E-state index is 12.0. The number of aromatic nitrogens is 2. The van der Waals surface area contributed by atoms with Crippen LogP contribution in [0.15, 0.2) is 18.2 Å². The molecule has 116 valence electrons. The van der Waals surface area contributed by atoms with E-state index < -0.39 is 18.2 Å². The fourth-order valence-electron chi connectivity index (χ4n) is 2.56. The van der Waals surface area contributed by atoms with Crippen LogP contribution in [-0.2, 0) is 20.9 Å². The van der Waals surface area contributed by atoms with Crippen molar-refractivity contribution in [2.45, 2.75) is 38.5 Å². The molecule has 0 bridgehead atoms. The van der Waals surface area contributed by atoms with Crippen molar-refractivity contribution in [3.05, 3.63) is 29.6 Å². The molecule has 7 heteroatoms. The zero-order valence-corrected chi connectivity index (χ0v) is 12.1. The van der Waals surface area contributed by atoms with Gasteiger partial charge in [0.15, 0.2) is 6.10 Å². The van der Waals surface area contributed by atoms with Crippen LogP contribution in [-0.4, -0.2) is 39.2 Å². The Balaban J connectivity index is 1.59. The van der Waals surface area contributed by atoms with Gasteiger partial charge in [-0.3, -0.25) is 4.79 Å². The summed E-state index contributed by atoms with van der Waals surface area (Å²) in [6, 6.07) is 5.89. The summed E-state index contributed by atoms with van der Waals surface area (Å²) in [7, 11) is 0. The minimum Gasteiger partial charge on any atom is -0.479 e. The molecule has 1 aromatic heterocycles. The van der Waals surface area contributed by atoms with Gasteiger partial charge in [-0.15, -0.1) is 0 Å². The fraction of sp³-hybridized carbons (Fsp3) is 0.400. The summed E-state index contributed by atoms with van der Waals surface area (Å²) >= 11 is 0. The number of aryl methyl sites for hydroxylation is 1. The van der Waals surface area contributed by atoms with E-state index in [2.05, 4.69) is 15.3 Å². The summed E-state index contributed by atoms with van der Waals surface area (Å²) in [6.07, 6.45) is -0.808. The highest BCUT2D eigenvalue weighted by Crippen LogP contribution is 2.20.